The Morgan fingerprint density at radius 1 is 0.935 bits per heavy atom. The minimum Gasteiger partial charge on any atom is -0.398 e. The lowest BCUT2D eigenvalue weighted by Crippen LogP contribution is -2.13. The van der Waals surface area contributed by atoms with Crippen LogP contribution in [0.5, 0.6) is 0 Å². The smallest absolute Gasteiger partial charge is 0.257 e. The van der Waals surface area contributed by atoms with Crippen LogP contribution in [0.3, 0.4) is 0 Å². The molecule has 0 aliphatic heterocycles. The average molecular weight is 413 g/mol. The molecular formula is C23H23N7O. The van der Waals surface area contributed by atoms with Crippen LogP contribution < -0.4 is 22.1 Å². The summed E-state index contributed by atoms with van der Waals surface area (Å²) < 4.78 is 0. The molecule has 6 N–H and O–H groups in total. The molecule has 2 heterocycles. The number of aromatic nitrogens is 3. The number of nitrogens with two attached hydrogens (primary N) is 2. The van der Waals surface area contributed by atoms with Crippen molar-refractivity contribution in [1.82, 2.24) is 15.0 Å². The molecule has 0 fully saturated rings. The van der Waals surface area contributed by atoms with Crippen molar-refractivity contribution >= 4 is 40.0 Å². The van der Waals surface area contributed by atoms with Crippen LogP contribution in [-0.4, -0.2) is 20.9 Å². The lowest BCUT2D eigenvalue weighted by atomic mass is 10.1. The Morgan fingerprint density at radius 3 is 2.42 bits per heavy atom. The summed E-state index contributed by atoms with van der Waals surface area (Å²) in [5.41, 5.74) is 16.7. The molecular weight excluding hydrogens is 390 g/mol. The monoisotopic (exact) mass is 413 g/mol. The number of amides is 1. The van der Waals surface area contributed by atoms with Crippen LogP contribution in [0, 0.1) is 13.8 Å². The molecule has 8 nitrogen and oxygen atoms in total. The van der Waals surface area contributed by atoms with Crippen molar-refractivity contribution in [2.75, 3.05) is 22.1 Å². The van der Waals surface area contributed by atoms with Gasteiger partial charge in [-0.1, -0.05) is 24.3 Å². The standard InChI is InChI=1S/C23H23N7O/c1-13-10-19(24)17-4-3-5-18(21(17)27-13)22(31)29-16-8-6-15(7-9-16)12-26-20-11-14(2)28-23(25)30-20/h3-11H,12H2,1-2H3,(H2,24,27)(H,29,31)(H3,25,26,28,30). The van der Waals surface area contributed by atoms with E-state index in [-0.39, 0.29) is 11.9 Å². The van der Waals surface area contributed by atoms with Gasteiger partial charge in [-0.3, -0.25) is 9.78 Å². The molecule has 2 aromatic carbocycles. The number of rotatable bonds is 5. The topological polar surface area (TPSA) is 132 Å². The van der Waals surface area contributed by atoms with Gasteiger partial charge in [0.05, 0.1) is 11.1 Å². The van der Waals surface area contributed by atoms with Gasteiger partial charge in [0, 0.05) is 40.8 Å². The van der Waals surface area contributed by atoms with Crippen molar-refractivity contribution in [2.45, 2.75) is 20.4 Å². The predicted molar refractivity (Wildman–Crippen MR) is 124 cm³/mol. The maximum absolute atomic E-state index is 12.9. The normalized spacial score (nSPS) is 10.8. The van der Waals surface area contributed by atoms with Gasteiger partial charge in [-0.15, -0.1) is 0 Å². The number of hydrogen-bond acceptors (Lipinski definition) is 7. The Morgan fingerprint density at radius 2 is 1.68 bits per heavy atom. The third-order valence-corrected chi connectivity index (χ3v) is 4.80. The van der Waals surface area contributed by atoms with Gasteiger partial charge in [0.1, 0.15) is 5.82 Å². The SMILES string of the molecule is Cc1cc(NCc2ccc(NC(=O)c3cccc4c(N)cc(C)nc34)cc2)nc(N)n1. The number of para-hydroxylation sites is 1. The number of benzene rings is 2. The van der Waals surface area contributed by atoms with Gasteiger partial charge in [0.15, 0.2) is 0 Å². The maximum Gasteiger partial charge on any atom is 0.257 e. The molecule has 0 atom stereocenters. The van der Waals surface area contributed by atoms with Crippen molar-refractivity contribution < 1.29 is 4.79 Å². The first-order valence-electron chi connectivity index (χ1n) is 9.80. The van der Waals surface area contributed by atoms with E-state index in [0.717, 1.165) is 22.3 Å². The first kappa shape index (κ1) is 20.1. The van der Waals surface area contributed by atoms with Crippen LogP contribution in [-0.2, 0) is 6.54 Å². The summed E-state index contributed by atoms with van der Waals surface area (Å²) >= 11 is 0. The van der Waals surface area contributed by atoms with Crippen molar-refractivity contribution in [2.24, 2.45) is 0 Å². The highest BCUT2D eigenvalue weighted by molar-refractivity contribution is 6.13. The molecule has 0 saturated carbocycles. The van der Waals surface area contributed by atoms with Crippen LogP contribution >= 0.6 is 0 Å². The van der Waals surface area contributed by atoms with Crippen LogP contribution in [0.1, 0.15) is 27.3 Å². The van der Waals surface area contributed by atoms with E-state index in [1.807, 2.05) is 50.2 Å². The number of hydrogen-bond donors (Lipinski definition) is 4. The Labute approximate surface area is 179 Å². The van der Waals surface area contributed by atoms with Crippen LogP contribution in [0.2, 0.25) is 0 Å². The number of anilines is 4. The summed E-state index contributed by atoms with van der Waals surface area (Å²) in [7, 11) is 0. The second-order valence-corrected chi connectivity index (χ2v) is 7.31. The number of nitrogen functional groups attached to an aromatic ring is 2. The van der Waals surface area contributed by atoms with Crippen LogP contribution in [0.4, 0.5) is 23.1 Å². The van der Waals surface area contributed by atoms with Crippen LogP contribution in [0.15, 0.2) is 54.6 Å². The maximum atomic E-state index is 12.9. The summed E-state index contributed by atoms with van der Waals surface area (Å²) in [6, 6.07) is 16.6. The summed E-state index contributed by atoms with van der Waals surface area (Å²) in [6.45, 7) is 4.28. The fraction of sp³-hybridized carbons (Fsp3) is 0.130. The van der Waals surface area contributed by atoms with Gasteiger partial charge in [-0.05, 0) is 43.7 Å². The molecule has 4 aromatic rings. The molecule has 0 spiro atoms. The van der Waals surface area contributed by atoms with Gasteiger partial charge in [0.2, 0.25) is 5.95 Å². The number of nitrogens with one attached hydrogen (secondary N) is 2. The second-order valence-electron chi connectivity index (χ2n) is 7.31. The molecule has 0 saturated heterocycles. The summed E-state index contributed by atoms with van der Waals surface area (Å²) in [4.78, 5) is 25.6. The first-order chi connectivity index (χ1) is 14.9. The molecule has 0 aliphatic rings. The Bertz CT molecular complexity index is 1250. The molecule has 4 rings (SSSR count). The summed E-state index contributed by atoms with van der Waals surface area (Å²) in [5.74, 6) is 0.668. The molecule has 0 aliphatic carbocycles. The second kappa shape index (κ2) is 8.27. The van der Waals surface area contributed by atoms with E-state index >= 15 is 0 Å². The van der Waals surface area contributed by atoms with Crippen molar-refractivity contribution in [3.8, 4) is 0 Å². The fourth-order valence-corrected chi connectivity index (χ4v) is 3.37. The number of nitrogens with zero attached hydrogens (tertiary/aromatic N) is 3. The highest BCUT2D eigenvalue weighted by Crippen LogP contribution is 2.24. The van der Waals surface area contributed by atoms with E-state index in [1.165, 1.54) is 0 Å². The lowest BCUT2D eigenvalue weighted by Gasteiger charge is -2.11. The molecule has 156 valence electrons. The average Bonchev–Trinajstić information content (AvgIpc) is 2.72. The largest absolute Gasteiger partial charge is 0.398 e. The zero-order chi connectivity index (χ0) is 22.0. The van der Waals surface area contributed by atoms with E-state index in [2.05, 4.69) is 25.6 Å². The van der Waals surface area contributed by atoms with E-state index in [1.54, 1.807) is 18.2 Å². The van der Waals surface area contributed by atoms with Gasteiger partial charge >= 0.3 is 0 Å². The number of fused-ring (bicyclic) bond motifs is 1. The van der Waals surface area contributed by atoms with Crippen molar-refractivity contribution in [3.63, 3.8) is 0 Å². The zero-order valence-corrected chi connectivity index (χ0v) is 17.3. The molecule has 8 heteroatoms. The van der Waals surface area contributed by atoms with Gasteiger partial charge in [-0.2, -0.15) is 4.98 Å². The zero-order valence-electron chi connectivity index (χ0n) is 17.3. The predicted octanol–water partition coefficient (Wildman–Crippen LogP) is 3.67. The number of aryl methyl sites for hydroxylation is 2. The molecule has 31 heavy (non-hydrogen) atoms. The van der Waals surface area contributed by atoms with Gasteiger partial charge in [0.25, 0.3) is 5.91 Å². The van der Waals surface area contributed by atoms with Crippen molar-refractivity contribution in [3.05, 3.63) is 77.1 Å². The number of carbonyl (C=O) groups is 1. The Balaban J connectivity index is 1.47. The van der Waals surface area contributed by atoms with Gasteiger partial charge in [-0.25, -0.2) is 4.98 Å². The lowest BCUT2D eigenvalue weighted by molar-refractivity contribution is 0.102. The molecule has 0 unspecified atom stereocenters. The third-order valence-electron chi connectivity index (χ3n) is 4.80. The first-order valence-corrected chi connectivity index (χ1v) is 9.80. The molecule has 0 radical (unpaired) electrons. The molecule has 2 aromatic heterocycles. The highest BCUT2D eigenvalue weighted by atomic mass is 16.1. The minimum atomic E-state index is -0.235. The molecule has 0 bridgehead atoms. The summed E-state index contributed by atoms with van der Waals surface area (Å²) in [5, 5.41) is 6.91. The van der Waals surface area contributed by atoms with Gasteiger partial charge < -0.3 is 22.1 Å². The van der Waals surface area contributed by atoms with Crippen molar-refractivity contribution in [1.29, 1.82) is 0 Å². The quantitative estimate of drug-likeness (QED) is 0.392. The van der Waals surface area contributed by atoms with E-state index in [9.17, 15) is 4.79 Å². The molecule has 1 amide bonds. The number of carbonyl (C=O) groups excluding carboxylic acids is 1. The van der Waals surface area contributed by atoms with E-state index in [4.69, 9.17) is 11.5 Å². The summed E-state index contributed by atoms with van der Waals surface area (Å²) in [6.07, 6.45) is 0. The van der Waals surface area contributed by atoms with E-state index in [0.29, 0.717) is 34.8 Å². The minimum absolute atomic E-state index is 0.235. The number of pyridine rings is 1. The third kappa shape index (κ3) is 4.53. The Kier molecular flexibility index (Phi) is 5.36. The fourth-order valence-electron chi connectivity index (χ4n) is 3.37. The Hall–Kier alpha value is -4.20. The van der Waals surface area contributed by atoms with E-state index < -0.39 is 0 Å². The van der Waals surface area contributed by atoms with Crippen LogP contribution in [0.25, 0.3) is 10.9 Å². The highest BCUT2D eigenvalue weighted by Gasteiger charge is 2.13.